The predicted octanol–water partition coefficient (Wildman–Crippen LogP) is 5.18. The molecule has 0 saturated carbocycles. The first-order valence-corrected chi connectivity index (χ1v) is 9.76. The van der Waals surface area contributed by atoms with Crippen LogP contribution in [-0.4, -0.2) is 29.6 Å². The largest absolute Gasteiger partial charge is 0.586 e. The van der Waals surface area contributed by atoms with Gasteiger partial charge in [0.15, 0.2) is 11.5 Å². The summed E-state index contributed by atoms with van der Waals surface area (Å²) in [4.78, 5) is 12.9. The first-order chi connectivity index (χ1) is 15.4. The lowest BCUT2D eigenvalue weighted by molar-refractivity contribution is -0.286. The van der Waals surface area contributed by atoms with E-state index in [0.29, 0.717) is 11.3 Å². The lowest BCUT2D eigenvalue weighted by Crippen LogP contribution is -2.30. The summed E-state index contributed by atoms with van der Waals surface area (Å²) < 4.78 is 48.6. The summed E-state index contributed by atoms with van der Waals surface area (Å²) in [5.41, 5.74) is 2.52. The quantitative estimate of drug-likeness (QED) is 0.612. The van der Waals surface area contributed by atoms with Crippen molar-refractivity contribution in [1.82, 2.24) is 5.01 Å². The highest BCUT2D eigenvalue weighted by Gasteiger charge is 2.43. The molecule has 0 aliphatic carbocycles. The van der Waals surface area contributed by atoms with Crippen LogP contribution in [0.1, 0.15) is 17.0 Å². The molecule has 5 rings (SSSR count). The number of fused-ring (bicyclic) bond motifs is 1. The highest BCUT2D eigenvalue weighted by Crippen LogP contribution is 2.42. The van der Waals surface area contributed by atoms with Gasteiger partial charge >= 0.3 is 12.3 Å². The summed E-state index contributed by atoms with van der Waals surface area (Å²) in [6.07, 6.45) is -3.74. The fraction of sp³-hybridized carbons (Fsp3) is 0.130. The van der Waals surface area contributed by atoms with Crippen molar-refractivity contribution >= 4 is 17.4 Å². The van der Waals surface area contributed by atoms with E-state index in [9.17, 15) is 18.0 Å². The van der Waals surface area contributed by atoms with Crippen LogP contribution in [0.25, 0.3) is 0 Å². The van der Waals surface area contributed by atoms with E-state index in [0.717, 1.165) is 5.56 Å². The van der Waals surface area contributed by atoms with E-state index in [1.165, 1.54) is 35.3 Å². The van der Waals surface area contributed by atoms with Gasteiger partial charge in [-0.05, 0) is 35.4 Å². The number of alkyl halides is 2. The molecule has 0 bridgehead atoms. The van der Waals surface area contributed by atoms with Gasteiger partial charge in [-0.2, -0.15) is 5.10 Å². The number of hydrogen-bond acceptors (Lipinski definition) is 4. The zero-order chi connectivity index (χ0) is 22.3. The van der Waals surface area contributed by atoms with E-state index < -0.39 is 12.3 Å². The smallest absolute Gasteiger partial charge is 0.395 e. The molecule has 2 heterocycles. The molecule has 6 nitrogen and oxygen atoms in total. The number of anilines is 1. The maximum atomic E-state index is 13.4. The number of carbonyl (C=O) groups is 1. The molecule has 0 radical (unpaired) electrons. The molecule has 1 unspecified atom stereocenters. The monoisotopic (exact) mass is 439 g/mol. The molecule has 9 heteroatoms. The van der Waals surface area contributed by atoms with Crippen LogP contribution in [0.5, 0.6) is 11.5 Å². The van der Waals surface area contributed by atoms with E-state index in [4.69, 9.17) is 0 Å². The van der Waals surface area contributed by atoms with Gasteiger partial charge in [0.2, 0.25) is 0 Å². The third kappa shape index (κ3) is 3.84. The van der Waals surface area contributed by atoms with Gasteiger partial charge in [0.05, 0.1) is 12.3 Å². The van der Waals surface area contributed by atoms with E-state index in [1.54, 1.807) is 12.1 Å². The highest BCUT2D eigenvalue weighted by molar-refractivity contribution is 6.07. The van der Waals surface area contributed by atoms with Gasteiger partial charge in [0.25, 0.3) is 0 Å². The van der Waals surface area contributed by atoms with Gasteiger partial charge in [-0.15, -0.1) is 8.78 Å². The third-order valence-corrected chi connectivity index (χ3v) is 5.14. The van der Waals surface area contributed by atoms with E-state index in [2.05, 4.69) is 19.9 Å². The molecule has 0 spiro atoms. The average Bonchev–Trinajstić information content (AvgIpc) is 3.35. The van der Waals surface area contributed by atoms with Crippen molar-refractivity contribution in [3.8, 4) is 11.5 Å². The predicted molar refractivity (Wildman–Crippen MR) is 110 cm³/mol. The number of benzene rings is 3. The molecular formula is C23H16F3N3O3. The second-order valence-electron chi connectivity index (χ2n) is 7.30. The van der Waals surface area contributed by atoms with Crippen LogP contribution in [0.2, 0.25) is 0 Å². The Balaban J connectivity index is 1.40. The average molecular weight is 439 g/mol. The Bertz CT molecular complexity index is 1200. The van der Waals surface area contributed by atoms with E-state index in [1.807, 2.05) is 30.3 Å². The highest BCUT2D eigenvalue weighted by atomic mass is 19.3. The fourth-order valence-electron chi connectivity index (χ4n) is 3.67. The number of hydrazone groups is 1. The van der Waals surface area contributed by atoms with Crippen molar-refractivity contribution in [2.45, 2.75) is 12.2 Å². The van der Waals surface area contributed by atoms with Gasteiger partial charge in [-0.3, -0.25) is 0 Å². The normalized spacial score (nSPS) is 18.4. The topological polar surface area (TPSA) is 63.2 Å². The van der Waals surface area contributed by atoms with Crippen molar-refractivity contribution in [2.75, 3.05) is 11.9 Å². The number of urea groups is 1. The Hall–Kier alpha value is -4.01. The summed E-state index contributed by atoms with van der Waals surface area (Å²) in [6.45, 7) is 0.255. The van der Waals surface area contributed by atoms with Gasteiger partial charge in [0, 0.05) is 17.7 Å². The lowest BCUT2D eigenvalue weighted by atomic mass is 9.91. The molecule has 1 N–H and O–H groups in total. The Labute approximate surface area is 180 Å². The number of amides is 2. The van der Waals surface area contributed by atoms with Crippen LogP contribution in [0, 0.1) is 5.82 Å². The Morgan fingerprint density at radius 1 is 1.00 bits per heavy atom. The number of halogens is 3. The van der Waals surface area contributed by atoms with Crippen LogP contribution in [0.15, 0.2) is 77.9 Å². The van der Waals surface area contributed by atoms with Gasteiger partial charge in [-0.1, -0.05) is 42.5 Å². The number of hydrogen-bond donors (Lipinski definition) is 1. The van der Waals surface area contributed by atoms with Crippen molar-refractivity contribution in [3.05, 3.63) is 89.7 Å². The summed E-state index contributed by atoms with van der Waals surface area (Å²) >= 11 is 0. The van der Waals surface area contributed by atoms with E-state index >= 15 is 0 Å². The maximum absolute atomic E-state index is 13.4. The summed E-state index contributed by atoms with van der Waals surface area (Å²) in [6, 6.07) is 18.9. The van der Waals surface area contributed by atoms with Gasteiger partial charge in [0.1, 0.15) is 5.82 Å². The van der Waals surface area contributed by atoms with Crippen molar-refractivity contribution in [3.63, 3.8) is 0 Å². The molecule has 0 saturated heterocycles. The standard InChI is InChI=1S/C23H16F3N3O3/c24-16-8-6-15(7-9-16)21-18(14-4-2-1-3-5-14)13-29(28-21)22(30)27-17-10-11-19-20(12-17)32-23(25,26)31-19/h1-12,18H,13H2,(H,27,30). The summed E-state index contributed by atoms with van der Waals surface area (Å²) in [7, 11) is 0. The summed E-state index contributed by atoms with van der Waals surface area (Å²) in [5, 5.41) is 8.37. The van der Waals surface area contributed by atoms with Crippen LogP contribution in [0.3, 0.4) is 0 Å². The van der Waals surface area contributed by atoms with Crippen molar-refractivity contribution in [1.29, 1.82) is 0 Å². The molecule has 32 heavy (non-hydrogen) atoms. The minimum absolute atomic E-state index is 0.116. The minimum Gasteiger partial charge on any atom is -0.395 e. The second kappa shape index (κ2) is 7.60. The lowest BCUT2D eigenvalue weighted by Gasteiger charge is -2.16. The maximum Gasteiger partial charge on any atom is 0.586 e. The van der Waals surface area contributed by atoms with Gasteiger partial charge in [-0.25, -0.2) is 14.2 Å². The SMILES string of the molecule is O=C(Nc1ccc2c(c1)OC(F)(F)O2)N1CC(c2ccccc2)C(c2ccc(F)cc2)=N1. The molecule has 0 fully saturated rings. The Morgan fingerprint density at radius 2 is 1.72 bits per heavy atom. The number of nitrogens with zero attached hydrogens (tertiary/aromatic N) is 2. The van der Waals surface area contributed by atoms with Crippen molar-refractivity contribution < 1.29 is 27.4 Å². The van der Waals surface area contributed by atoms with Crippen molar-refractivity contribution in [2.24, 2.45) is 5.10 Å². The third-order valence-electron chi connectivity index (χ3n) is 5.14. The molecule has 2 amide bonds. The summed E-state index contributed by atoms with van der Waals surface area (Å²) in [5.74, 6) is -0.878. The fourth-order valence-corrected chi connectivity index (χ4v) is 3.67. The minimum atomic E-state index is -3.74. The molecule has 2 aliphatic heterocycles. The Kier molecular flexibility index (Phi) is 4.73. The molecule has 3 aromatic rings. The van der Waals surface area contributed by atoms with E-state index in [-0.39, 0.29) is 35.5 Å². The molecule has 0 aromatic heterocycles. The Morgan fingerprint density at radius 3 is 2.47 bits per heavy atom. The molecule has 2 aliphatic rings. The molecule has 3 aromatic carbocycles. The van der Waals surface area contributed by atoms with Gasteiger partial charge < -0.3 is 14.8 Å². The first-order valence-electron chi connectivity index (χ1n) is 9.76. The second-order valence-corrected chi connectivity index (χ2v) is 7.30. The number of ether oxygens (including phenoxy) is 2. The number of rotatable bonds is 3. The van der Waals surface area contributed by atoms with Crippen LogP contribution >= 0.6 is 0 Å². The zero-order valence-electron chi connectivity index (χ0n) is 16.5. The molecule has 1 atom stereocenters. The number of carbonyl (C=O) groups excluding carboxylic acids is 1. The van der Waals surface area contributed by atoms with Crippen LogP contribution in [0.4, 0.5) is 23.7 Å². The van der Waals surface area contributed by atoms with Crippen LogP contribution in [-0.2, 0) is 0 Å². The molecule has 162 valence electrons. The first kappa shape index (κ1) is 19.9. The molecular weight excluding hydrogens is 423 g/mol. The zero-order valence-corrected chi connectivity index (χ0v) is 16.5. The van der Waals surface area contributed by atoms with Crippen LogP contribution < -0.4 is 14.8 Å². The number of nitrogens with one attached hydrogen (secondary N) is 1.